The van der Waals surface area contributed by atoms with Crippen LogP contribution in [0, 0.1) is 0 Å². The van der Waals surface area contributed by atoms with Gasteiger partial charge in [0.05, 0.1) is 39.0 Å². The molecule has 2 rings (SSSR count). The lowest BCUT2D eigenvalue weighted by molar-refractivity contribution is -0.166. The molecule has 2 atom stereocenters. The number of carbonyl (C=O) groups is 1. The van der Waals surface area contributed by atoms with E-state index < -0.39 is 30.0 Å². The second kappa shape index (κ2) is 8.77. The fraction of sp³-hybridized carbons (Fsp3) is 0.588. The number of rotatable bonds is 10. The third kappa shape index (κ3) is 5.72. The Morgan fingerprint density at radius 1 is 1.15 bits per heavy atom. The molecule has 0 saturated carbocycles. The molecule has 0 aliphatic carbocycles. The highest BCUT2D eigenvalue weighted by Crippen LogP contribution is 2.52. The number of carbonyl (C=O) groups excluding carboxylic acids is 1. The molecule has 0 fully saturated rings. The molecular weight excluding hydrogens is 369 g/mol. The number of nitrogens with zero attached hydrogens (tertiary/aromatic N) is 2. The highest BCUT2D eigenvalue weighted by Gasteiger charge is 2.65. The van der Waals surface area contributed by atoms with Crippen molar-refractivity contribution >= 4 is 5.97 Å². The maximum Gasteiger partial charge on any atom is 0.442 e. The Morgan fingerprint density at radius 3 is 2.26 bits per heavy atom. The fourth-order valence-corrected chi connectivity index (χ4v) is 2.44. The number of methoxy groups -OCH3 is 1. The summed E-state index contributed by atoms with van der Waals surface area (Å²) in [5, 5.41) is 25.7. The first-order valence-electron chi connectivity index (χ1n) is 8.29. The van der Waals surface area contributed by atoms with Gasteiger partial charge in [0, 0.05) is 5.56 Å². The smallest absolute Gasteiger partial charge is 0.442 e. The van der Waals surface area contributed by atoms with E-state index in [4.69, 9.17) is 4.74 Å². The van der Waals surface area contributed by atoms with E-state index in [2.05, 4.69) is 15.0 Å². The summed E-state index contributed by atoms with van der Waals surface area (Å²) in [6, 6.07) is 5.74. The van der Waals surface area contributed by atoms with Gasteiger partial charge in [-0.2, -0.15) is 13.2 Å². The number of aryl methyl sites for hydroxylation is 1. The van der Waals surface area contributed by atoms with Crippen molar-refractivity contribution in [1.82, 2.24) is 0 Å². The number of hydrogen-bond acceptors (Lipinski definition) is 7. The van der Waals surface area contributed by atoms with Gasteiger partial charge in [0.15, 0.2) is 0 Å². The molecule has 1 aliphatic heterocycles. The van der Waals surface area contributed by atoms with Gasteiger partial charge in [0.1, 0.15) is 0 Å². The van der Waals surface area contributed by atoms with Crippen molar-refractivity contribution in [3.8, 4) is 0 Å². The Kier molecular flexibility index (Phi) is 6.90. The molecule has 0 amide bonds. The van der Waals surface area contributed by atoms with Crippen LogP contribution in [0.3, 0.4) is 0 Å². The number of hydrogen-bond donors (Lipinski definition) is 2. The van der Waals surface area contributed by atoms with Crippen LogP contribution in [0.25, 0.3) is 0 Å². The number of aliphatic hydroxyl groups is 2. The van der Waals surface area contributed by atoms with Crippen molar-refractivity contribution in [3.63, 3.8) is 0 Å². The summed E-state index contributed by atoms with van der Waals surface area (Å²) in [5.41, 5.74) is -1.71. The highest BCUT2D eigenvalue weighted by molar-refractivity contribution is 5.69. The van der Waals surface area contributed by atoms with Gasteiger partial charge in [-0.25, -0.2) is 0 Å². The lowest BCUT2D eigenvalue weighted by Crippen LogP contribution is -2.30. The molecule has 1 aromatic carbocycles. The second-order valence-corrected chi connectivity index (χ2v) is 6.23. The Labute approximate surface area is 153 Å². The van der Waals surface area contributed by atoms with Crippen LogP contribution in [0.5, 0.6) is 0 Å². The average Bonchev–Trinajstić information content (AvgIpc) is 3.42. The zero-order valence-corrected chi connectivity index (χ0v) is 14.6. The standard InChI is InChI=1S/C17H21F3N2O5/c1-26-15(25)8-14(24)10-27-9-13(23)7-4-11-2-5-12(6-3-11)16(21-22-16)17(18,19)20/h2-3,5-6,13-14,23-24H,4,7-10H2,1H3. The van der Waals surface area contributed by atoms with Gasteiger partial charge in [-0.1, -0.05) is 24.3 Å². The molecule has 0 spiro atoms. The van der Waals surface area contributed by atoms with Crippen LogP contribution in [-0.4, -0.2) is 54.9 Å². The van der Waals surface area contributed by atoms with Gasteiger partial charge >= 0.3 is 17.8 Å². The number of alkyl halides is 3. The summed E-state index contributed by atoms with van der Waals surface area (Å²) in [5.74, 6) is -0.561. The zero-order chi connectivity index (χ0) is 20.1. The highest BCUT2D eigenvalue weighted by atomic mass is 19.4. The van der Waals surface area contributed by atoms with Crippen LogP contribution < -0.4 is 0 Å². The molecule has 0 radical (unpaired) electrons. The first-order chi connectivity index (χ1) is 12.7. The first kappa shape index (κ1) is 21.3. The van der Waals surface area contributed by atoms with E-state index in [0.29, 0.717) is 12.8 Å². The SMILES string of the molecule is COC(=O)CC(O)COCC(O)CCc1ccc(C2(C(F)(F)F)N=N2)cc1. The van der Waals surface area contributed by atoms with Crippen LogP contribution in [0.2, 0.25) is 0 Å². The van der Waals surface area contributed by atoms with Gasteiger partial charge in [-0.15, -0.1) is 10.2 Å². The molecule has 1 aromatic rings. The van der Waals surface area contributed by atoms with Gasteiger partial charge in [-0.3, -0.25) is 4.79 Å². The number of ether oxygens (including phenoxy) is 2. The van der Waals surface area contributed by atoms with Crippen LogP contribution >= 0.6 is 0 Å². The Balaban J connectivity index is 1.71. The molecule has 0 bridgehead atoms. The predicted molar refractivity (Wildman–Crippen MR) is 86.8 cm³/mol. The maximum atomic E-state index is 12.9. The molecule has 0 saturated heterocycles. The topological polar surface area (TPSA) is 101 Å². The Hall–Kier alpha value is -2.04. The summed E-state index contributed by atoms with van der Waals surface area (Å²) in [7, 11) is 1.21. The molecule has 27 heavy (non-hydrogen) atoms. The number of benzene rings is 1. The number of aliphatic hydroxyl groups excluding tert-OH is 2. The van der Waals surface area contributed by atoms with E-state index in [1.165, 1.54) is 19.2 Å². The van der Waals surface area contributed by atoms with Crippen molar-refractivity contribution in [2.45, 2.75) is 43.3 Å². The van der Waals surface area contributed by atoms with Gasteiger partial charge in [-0.05, 0) is 18.4 Å². The van der Waals surface area contributed by atoms with Crippen LogP contribution in [0.1, 0.15) is 24.0 Å². The third-order valence-corrected chi connectivity index (χ3v) is 4.07. The zero-order valence-electron chi connectivity index (χ0n) is 14.6. The lowest BCUT2D eigenvalue weighted by Gasteiger charge is -2.16. The van der Waals surface area contributed by atoms with E-state index in [1.807, 2.05) is 0 Å². The fourth-order valence-electron chi connectivity index (χ4n) is 2.44. The van der Waals surface area contributed by atoms with Crippen LogP contribution in [0.15, 0.2) is 34.5 Å². The van der Waals surface area contributed by atoms with E-state index in [9.17, 15) is 28.2 Å². The summed E-state index contributed by atoms with van der Waals surface area (Å²) in [6.07, 6.45) is -5.83. The molecule has 1 heterocycles. The quantitative estimate of drug-likeness (QED) is 0.596. The van der Waals surface area contributed by atoms with E-state index in [1.54, 1.807) is 12.1 Å². The van der Waals surface area contributed by atoms with Gasteiger partial charge < -0.3 is 19.7 Å². The normalized spacial score (nSPS) is 17.4. The average molecular weight is 390 g/mol. The summed E-state index contributed by atoms with van der Waals surface area (Å²) in [6.45, 7) is -0.154. The lowest BCUT2D eigenvalue weighted by atomic mass is 9.99. The molecule has 10 heteroatoms. The molecule has 0 aromatic heterocycles. The molecule has 7 nitrogen and oxygen atoms in total. The minimum absolute atomic E-state index is 0.0364. The Bertz CT molecular complexity index is 658. The molecule has 1 aliphatic rings. The summed E-state index contributed by atoms with van der Waals surface area (Å²) >= 11 is 0. The summed E-state index contributed by atoms with van der Waals surface area (Å²) < 4.78 is 48.3. The van der Waals surface area contributed by atoms with Crippen LogP contribution in [-0.2, 0) is 26.4 Å². The van der Waals surface area contributed by atoms with Gasteiger partial charge in [0.2, 0.25) is 0 Å². The first-order valence-corrected chi connectivity index (χ1v) is 8.29. The van der Waals surface area contributed by atoms with Gasteiger partial charge in [0.25, 0.3) is 0 Å². The van der Waals surface area contributed by atoms with E-state index >= 15 is 0 Å². The predicted octanol–water partition coefficient (Wildman–Crippen LogP) is 2.10. The minimum atomic E-state index is -4.56. The monoisotopic (exact) mass is 390 g/mol. The second-order valence-electron chi connectivity index (χ2n) is 6.23. The van der Waals surface area contributed by atoms with Crippen molar-refractivity contribution in [2.24, 2.45) is 10.2 Å². The van der Waals surface area contributed by atoms with E-state index in [-0.39, 0.29) is 25.2 Å². The van der Waals surface area contributed by atoms with Crippen molar-refractivity contribution in [3.05, 3.63) is 35.4 Å². The van der Waals surface area contributed by atoms with Crippen molar-refractivity contribution in [1.29, 1.82) is 0 Å². The number of esters is 1. The molecule has 2 N–H and O–H groups in total. The minimum Gasteiger partial charge on any atom is -0.469 e. The van der Waals surface area contributed by atoms with Crippen molar-refractivity contribution < 1.29 is 37.7 Å². The maximum absolute atomic E-state index is 12.9. The molecule has 2 unspecified atom stereocenters. The van der Waals surface area contributed by atoms with E-state index in [0.717, 1.165) is 5.56 Å². The molecular formula is C17H21F3N2O5. The van der Waals surface area contributed by atoms with Crippen LogP contribution in [0.4, 0.5) is 13.2 Å². The molecule has 150 valence electrons. The summed E-state index contributed by atoms with van der Waals surface area (Å²) in [4.78, 5) is 11.0. The largest absolute Gasteiger partial charge is 0.469 e. The number of halogens is 3. The van der Waals surface area contributed by atoms with Crippen molar-refractivity contribution in [2.75, 3.05) is 20.3 Å². The Morgan fingerprint density at radius 2 is 1.74 bits per heavy atom. The third-order valence-electron chi connectivity index (χ3n) is 4.07.